The molecular weight excluding hydrogens is 235 g/mol. The van der Waals surface area contributed by atoms with E-state index in [9.17, 15) is 0 Å². The average molecular weight is 251 g/mol. The molecule has 0 aliphatic heterocycles. The first-order chi connectivity index (χ1) is 6.21. The van der Waals surface area contributed by atoms with Gasteiger partial charge in [-0.1, -0.05) is 0 Å². The van der Waals surface area contributed by atoms with E-state index in [1.165, 1.54) is 12.8 Å². The molecule has 0 amide bonds. The Morgan fingerprint density at radius 1 is 0.923 bits per heavy atom. The number of allylic oxidation sites excluding steroid dienone is 8. The molecule has 0 bridgehead atoms. The van der Waals surface area contributed by atoms with Crippen molar-refractivity contribution in [1.29, 1.82) is 0 Å². The van der Waals surface area contributed by atoms with Gasteiger partial charge in [0, 0.05) is 0 Å². The van der Waals surface area contributed by atoms with Crippen LogP contribution in [0.4, 0.5) is 0 Å². The fourth-order valence-electron chi connectivity index (χ4n) is 2.03. The Hall–Kier alpha value is -0.157. The van der Waals surface area contributed by atoms with Crippen LogP contribution < -0.4 is 0 Å². The SMILES string of the molecule is [CH3][Zr]([CH3])([C]1=CC=CC1)[C]1=CC=CC1. The Morgan fingerprint density at radius 3 is 1.69 bits per heavy atom. The molecular formula is C12H16Zr. The van der Waals surface area contributed by atoms with E-state index in [-0.39, 0.29) is 0 Å². The van der Waals surface area contributed by atoms with Crippen LogP contribution in [-0.4, -0.2) is 0 Å². The maximum absolute atomic E-state index is 2.53. The first-order valence-electron chi connectivity index (χ1n) is 4.93. The number of hydrogen-bond acceptors (Lipinski definition) is 0. The Bertz CT molecular complexity index is 295. The fraction of sp³-hybridized carbons (Fsp3) is 0.333. The summed E-state index contributed by atoms with van der Waals surface area (Å²) >= 11 is -2.01. The van der Waals surface area contributed by atoms with Crippen LogP contribution in [0.5, 0.6) is 0 Å². The Balaban J connectivity index is 2.20. The predicted molar refractivity (Wildman–Crippen MR) is 55.4 cm³/mol. The summed E-state index contributed by atoms with van der Waals surface area (Å²) < 4.78 is 8.58. The van der Waals surface area contributed by atoms with Gasteiger partial charge in [0.05, 0.1) is 0 Å². The predicted octanol–water partition coefficient (Wildman–Crippen LogP) is 3.92. The summed E-state index contributed by atoms with van der Waals surface area (Å²) in [6, 6.07) is 0. The molecule has 1 heteroatoms. The van der Waals surface area contributed by atoms with Gasteiger partial charge < -0.3 is 0 Å². The molecule has 68 valence electrons. The van der Waals surface area contributed by atoms with E-state index in [0.717, 1.165) is 0 Å². The summed E-state index contributed by atoms with van der Waals surface area (Å²) in [6.45, 7) is 0. The molecule has 0 saturated carbocycles. The van der Waals surface area contributed by atoms with E-state index in [2.05, 4.69) is 45.7 Å². The van der Waals surface area contributed by atoms with Crippen LogP contribution in [-0.2, 0) is 20.3 Å². The van der Waals surface area contributed by atoms with E-state index >= 15 is 0 Å². The van der Waals surface area contributed by atoms with E-state index < -0.39 is 20.3 Å². The molecule has 0 saturated heterocycles. The topological polar surface area (TPSA) is 0 Å². The third-order valence-electron chi connectivity index (χ3n) is 3.15. The summed E-state index contributed by atoms with van der Waals surface area (Å²) in [4.78, 5) is 0. The van der Waals surface area contributed by atoms with Crippen molar-refractivity contribution in [1.82, 2.24) is 0 Å². The van der Waals surface area contributed by atoms with Gasteiger partial charge >= 0.3 is 85.4 Å². The van der Waals surface area contributed by atoms with Crippen molar-refractivity contribution >= 4 is 0 Å². The summed E-state index contributed by atoms with van der Waals surface area (Å²) in [5, 5.41) is 0. The van der Waals surface area contributed by atoms with Gasteiger partial charge in [-0.2, -0.15) is 0 Å². The van der Waals surface area contributed by atoms with Crippen molar-refractivity contribution in [3.05, 3.63) is 43.0 Å². The Labute approximate surface area is 85.1 Å². The van der Waals surface area contributed by atoms with Crippen molar-refractivity contribution in [3.8, 4) is 0 Å². The second-order valence-electron chi connectivity index (χ2n) is 4.27. The zero-order chi connectivity index (χ0) is 9.31. The van der Waals surface area contributed by atoms with E-state index in [1.54, 1.807) is 6.56 Å². The molecule has 0 spiro atoms. The van der Waals surface area contributed by atoms with E-state index in [4.69, 9.17) is 0 Å². The molecule has 0 radical (unpaired) electrons. The normalized spacial score (nSPS) is 20.8. The van der Waals surface area contributed by atoms with Crippen LogP contribution in [0.1, 0.15) is 12.8 Å². The van der Waals surface area contributed by atoms with Crippen molar-refractivity contribution in [2.24, 2.45) is 0 Å². The van der Waals surface area contributed by atoms with Crippen molar-refractivity contribution < 1.29 is 20.3 Å². The standard InChI is InChI=1S/2C5H5.2CH3.Zr/c2*1-2-4-5-3-1;;;/h2*1-3H,4H2;2*1H3;. The van der Waals surface area contributed by atoms with Gasteiger partial charge in [-0.3, -0.25) is 0 Å². The molecule has 0 atom stereocenters. The first-order valence-corrected chi connectivity index (χ1v) is 12.3. The second kappa shape index (κ2) is 3.54. The van der Waals surface area contributed by atoms with E-state index in [1.807, 2.05) is 0 Å². The molecule has 0 nitrogen and oxygen atoms in total. The van der Waals surface area contributed by atoms with Gasteiger partial charge in [0.2, 0.25) is 0 Å². The molecule has 0 unspecified atom stereocenters. The quantitative estimate of drug-likeness (QED) is 0.698. The van der Waals surface area contributed by atoms with Crippen LogP contribution >= 0.6 is 0 Å². The third-order valence-corrected chi connectivity index (χ3v) is 12.9. The van der Waals surface area contributed by atoms with Crippen LogP contribution in [0.3, 0.4) is 0 Å². The second-order valence-corrected chi connectivity index (χ2v) is 15.4. The first kappa shape index (κ1) is 9.40. The summed E-state index contributed by atoms with van der Waals surface area (Å²) in [7, 11) is 0. The zero-order valence-corrected chi connectivity index (χ0v) is 10.8. The molecule has 0 aromatic carbocycles. The number of hydrogen-bond donors (Lipinski definition) is 0. The van der Waals surface area contributed by atoms with Crippen molar-refractivity contribution in [2.45, 2.75) is 22.1 Å². The minimum atomic E-state index is -2.01. The third kappa shape index (κ3) is 1.72. The summed E-state index contributed by atoms with van der Waals surface area (Å²) in [5.41, 5.74) is 0. The fourth-order valence-corrected chi connectivity index (χ4v) is 8.65. The van der Waals surface area contributed by atoms with Crippen molar-refractivity contribution in [3.63, 3.8) is 0 Å². The Kier molecular flexibility index (Phi) is 2.56. The van der Waals surface area contributed by atoms with Crippen LogP contribution in [0.15, 0.2) is 43.0 Å². The zero-order valence-electron chi connectivity index (χ0n) is 8.38. The molecule has 13 heavy (non-hydrogen) atoms. The number of rotatable bonds is 2. The molecule has 2 rings (SSSR count). The maximum atomic E-state index is 2.53. The molecule has 2 aliphatic carbocycles. The minimum absolute atomic E-state index is 1.22. The molecule has 0 aromatic heterocycles. The average Bonchev–Trinajstić information content (AvgIpc) is 2.78. The summed E-state index contributed by atoms with van der Waals surface area (Å²) in [6.07, 6.45) is 16.2. The van der Waals surface area contributed by atoms with Crippen LogP contribution in [0.2, 0.25) is 9.26 Å². The summed E-state index contributed by atoms with van der Waals surface area (Å²) in [5.74, 6) is 0. The van der Waals surface area contributed by atoms with Gasteiger partial charge in [-0.25, -0.2) is 0 Å². The van der Waals surface area contributed by atoms with E-state index in [0.29, 0.717) is 0 Å². The van der Waals surface area contributed by atoms with Crippen molar-refractivity contribution in [2.75, 3.05) is 0 Å². The Morgan fingerprint density at radius 2 is 1.38 bits per heavy atom. The van der Waals surface area contributed by atoms with Crippen LogP contribution in [0.25, 0.3) is 0 Å². The van der Waals surface area contributed by atoms with Gasteiger partial charge in [0.25, 0.3) is 0 Å². The molecule has 0 N–H and O–H groups in total. The van der Waals surface area contributed by atoms with Crippen LogP contribution in [0, 0.1) is 0 Å². The monoisotopic (exact) mass is 250 g/mol. The molecule has 0 fully saturated rings. The van der Waals surface area contributed by atoms with Gasteiger partial charge in [-0.05, 0) is 0 Å². The molecule has 0 aromatic rings. The van der Waals surface area contributed by atoms with Gasteiger partial charge in [0.1, 0.15) is 0 Å². The van der Waals surface area contributed by atoms with Gasteiger partial charge in [-0.15, -0.1) is 0 Å². The van der Waals surface area contributed by atoms with Gasteiger partial charge in [0.15, 0.2) is 0 Å². The molecule has 0 heterocycles. The molecule has 2 aliphatic rings.